The molecular weight excluding hydrogens is 178 g/mol. The zero-order valence-corrected chi connectivity index (χ0v) is 8.45. The van der Waals surface area contributed by atoms with E-state index in [4.69, 9.17) is 5.11 Å². The van der Waals surface area contributed by atoms with Gasteiger partial charge in [0.1, 0.15) is 0 Å². The molecule has 76 valence electrons. The SMILES string of the molecule is CNC(C)C(=O)c1ccc(CO)cc1. The predicted molar refractivity (Wildman–Crippen MR) is 55.2 cm³/mol. The Morgan fingerprint density at radius 1 is 1.43 bits per heavy atom. The maximum atomic E-state index is 11.7. The molecule has 0 amide bonds. The zero-order valence-electron chi connectivity index (χ0n) is 8.45. The summed E-state index contributed by atoms with van der Waals surface area (Å²) in [5.41, 5.74) is 1.49. The first-order valence-electron chi connectivity index (χ1n) is 4.60. The number of Topliss-reactive ketones (excluding diaryl/α,β-unsaturated/α-hetero) is 1. The molecule has 1 rings (SSSR count). The lowest BCUT2D eigenvalue weighted by Gasteiger charge is -2.08. The van der Waals surface area contributed by atoms with E-state index in [9.17, 15) is 4.79 Å². The Morgan fingerprint density at radius 2 is 2.00 bits per heavy atom. The van der Waals surface area contributed by atoms with Crippen LogP contribution in [0.4, 0.5) is 0 Å². The summed E-state index contributed by atoms with van der Waals surface area (Å²) in [4.78, 5) is 11.7. The van der Waals surface area contributed by atoms with Gasteiger partial charge >= 0.3 is 0 Å². The van der Waals surface area contributed by atoms with Gasteiger partial charge in [-0.2, -0.15) is 0 Å². The van der Waals surface area contributed by atoms with Crippen LogP contribution in [0.5, 0.6) is 0 Å². The summed E-state index contributed by atoms with van der Waals surface area (Å²) < 4.78 is 0. The minimum absolute atomic E-state index is 0.00997. The molecule has 1 atom stereocenters. The molecule has 0 aromatic heterocycles. The number of carbonyl (C=O) groups is 1. The molecule has 3 nitrogen and oxygen atoms in total. The molecule has 0 fully saturated rings. The number of ketones is 1. The van der Waals surface area contributed by atoms with Crippen LogP contribution in [0.15, 0.2) is 24.3 Å². The summed E-state index contributed by atoms with van der Waals surface area (Å²) in [5, 5.41) is 11.7. The first-order chi connectivity index (χ1) is 6.69. The normalized spacial score (nSPS) is 12.5. The van der Waals surface area contributed by atoms with Gasteiger partial charge in [-0.15, -0.1) is 0 Å². The number of rotatable bonds is 4. The number of aliphatic hydroxyl groups excluding tert-OH is 1. The molecule has 1 aromatic carbocycles. The quantitative estimate of drug-likeness (QED) is 0.700. The van der Waals surface area contributed by atoms with Crippen molar-refractivity contribution in [2.45, 2.75) is 19.6 Å². The Morgan fingerprint density at radius 3 is 2.43 bits per heavy atom. The van der Waals surface area contributed by atoms with E-state index in [1.807, 2.05) is 6.92 Å². The lowest BCUT2D eigenvalue weighted by Crippen LogP contribution is -2.30. The number of nitrogens with one attached hydrogen (secondary N) is 1. The maximum absolute atomic E-state index is 11.7. The number of hydrogen-bond acceptors (Lipinski definition) is 3. The van der Waals surface area contributed by atoms with E-state index in [-0.39, 0.29) is 18.4 Å². The molecule has 1 unspecified atom stereocenters. The molecule has 3 heteroatoms. The van der Waals surface area contributed by atoms with Crippen LogP contribution in [-0.4, -0.2) is 24.0 Å². The molecule has 0 bridgehead atoms. The highest BCUT2D eigenvalue weighted by atomic mass is 16.3. The van der Waals surface area contributed by atoms with Gasteiger partial charge in [0.25, 0.3) is 0 Å². The highest BCUT2D eigenvalue weighted by Gasteiger charge is 2.12. The molecule has 0 heterocycles. The second-order valence-electron chi connectivity index (χ2n) is 3.23. The fourth-order valence-corrected chi connectivity index (χ4v) is 1.16. The average Bonchev–Trinajstić information content (AvgIpc) is 2.27. The minimum atomic E-state index is -0.171. The molecule has 0 spiro atoms. The standard InChI is InChI=1S/C11H15NO2/c1-8(12-2)11(14)10-5-3-9(7-13)4-6-10/h3-6,8,12-13H,7H2,1-2H3. The molecule has 1 aromatic rings. The van der Waals surface area contributed by atoms with Crippen molar-refractivity contribution in [2.24, 2.45) is 0 Å². The summed E-state index contributed by atoms with van der Waals surface area (Å²) in [7, 11) is 1.75. The molecule has 0 saturated heterocycles. The van der Waals surface area contributed by atoms with Crippen LogP contribution >= 0.6 is 0 Å². The number of hydrogen-bond donors (Lipinski definition) is 2. The summed E-state index contributed by atoms with van der Waals surface area (Å²) in [6.07, 6.45) is 0. The lowest BCUT2D eigenvalue weighted by atomic mass is 10.0. The topological polar surface area (TPSA) is 49.3 Å². The van der Waals surface area contributed by atoms with Gasteiger partial charge in [0.05, 0.1) is 12.6 Å². The van der Waals surface area contributed by atoms with Crippen LogP contribution in [0.2, 0.25) is 0 Å². The number of likely N-dealkylation sites (N-methyl/N-ethyl adjacent to an activating group) is 1. The third kappa shape index (κ3) is 2.40. The summed E-state index contributed by atoms with van der Waals surface area (Å²) in [6, 6.07) is 6.82. The van der Waals surface area contributed by atoms with E-state index in [1.165, 1.54) is 0 Å². The van der Waals surface area contributed by atoms with Crippen LogP contribution in [0, 0.1) is 0 Å². The van der Waals surface area contributed by atoms with Crippen LogP contribution < -0.4 is 5.32 Å². The van der Waals surface area contributed by atoms with Crippen LogP contribution in [-0.2, 0) is 6.61 Å². The lowest BCUT2D eigenvalue weighted by molar-refractivity contribution is 0.0955. The number of aliphatic hydroxyl groups is 1. The molecule has 0 aliphatic rings. The number of carbonyl (C=O) groups excluding carboxylic acids is 1. The Balaban J connectivity index is 2.81. The largest absolute Gasteiger partial charge is 0.392 e. The Kier molecular flexibility index (Phi) is 3.80. The van der Waals surface area contributed by atoms with E-state index >= 15 is 0 Å². The molecular formula is C11H15NO2. The van der Waals surface area contributed by atoms with E-state index in [2.05, 4.69) is 5.32 Å². The van der Waals surface area contributed by atoms with Crippen molar-refractivity contribution in [1.29, 1.82) is 0 Å². The van der Waals surface area contributed by atoms with Crippen LogP contribution in [0.25, 0.3) is 0 Å². The van der Waals surface area contributed by atoms with Crippen molar-refractivity contribution in [3.8, 4) is 0 Å². The fraction of sp³-hybridized carbons (Fsp3) is 0.364. The maximum Gasteiger partial charge on any atom is 0.179 e. The van der Waals surface area contributed by atoms with Gasteiger partial charge < -0.3 is 10.4 Å². The molecule has 14 heavy (non-hydrogen) atoms. The zero-order chi connectivity index (χ0) is 10.6. The fourth-order valence-electron chi connectivity index (χ4n) is 1.16. The first kappa shape index (κ1) is 10.9. The van der Waals surface area contributed by atoms with Crippen molar-refractivity contribution < 1.29 is 9.90 Å². The minimum Gasteiger partial charge on any atom is -0.392 e. The third-order valence-corrected chi connectivity index (χ3v) is 2.25. The number of benzene rings is 1. The monoisotopic (exact) mass is 193 g/mol. The van der Waals surface area contributed by atoms with Crippen molar-refractivity contribution in [3.63, 3.8) is 0 Å². The smallest absolute Gasteiger partial charge is 0.179 e. The van der Waals surface area contributed by atoms with Gasteiger partial charge in [0.15, 0.2) is 5.78 Å². The van der Waals surface area contributed by atoms with Crippen LogP contribution in [0.1, 0.15) is 22.8 Å². The van der Waals surface area contributed by atoms with E-state index < -0.39 is 0 Å². The van der Waals surface area contributed by atoms with Gasteiger partial charge in [-0.25, -0.2) is 0 Å². The highest BCUT2D eigenvalue weighted by Crippen LogP contribution is 2.06. The Bertz CT molecular complexity index is 306. The van der Waals surface area contributed by atoms with Gasteiger partial charge in [0, 0.05) is 5.56 Å². The van der Waals surface area contributed by atoms with E-state index in [0.29, 0.717) is 5.56 Å². The summed E-state index contributed by atoms with van der Waals surface area (Å²) in [5.74, 6) is 0.0667. The van der Waals surface area contributed by atoms with E-state index in [1.54, 1.807) is 31.3 Å². The van der Waals surface area contributed by atoms with Crippen molar-refractivity contribution >= 4 is 5.78 Å². The molecule has 0 radical (unpaired) electrons. The predicted octanol–water partition coefficient (Wildman–Crippen LogP) is 0.969. The Labute approximate surface area is 83.8 Å². The van der Waals surface area contributed by atoms with Gasteiger partial charge in [-0.3, -0.25) is 4.79 Å². The molecule has 2 N–H and O–H groups in total. The van der Waals surface area contributed by atoms with Crippen molar-refractivity contribution in [2.75, 3.05) is 7.05 Å². The highest BCUT2D eigenvalue weighted by molar-refractivity contribution is 5.99. The van der Waals surface area contributed by atoms with E-state index in [0.717, 1.165) is 5.56 Å². The molecule has 0 aliphatic heterocycles. The van der Waals surface area contributed by atoms with Gasteiger partial charge in [0.2, 0.25) is 0 Å². The third-order valence-electron chi connectivity index (χ3n) is 2.25. The second kappa shape index (κ2) is 4.88. The van der Waals surface area contributed by atoms with Crippen LogP contribution in [0.3, 0.4) is 0 Å². The average molecular weight is 193 g/mol. The van der Waals surface area contributed by atoms with Gasteiger partial charge in [-0.1, -0.05) is 24.3 Å². The summed E-state index contributed by atoms with van der Waals surface area (Å²) >= 11 is 0. The second-order valence-corrected chi connectivity index (χ2v) is 3.23. The van der Waals surface area contributed by atoms with Crippen molar-refractivity contribution in [1.82, 2.24) is 5.32 Å². The Hall–Kier alpha value is -1.19. The molecule has 0 aliphatic carbocycles. The van der Waals surface area contributed by atoms with Crippen molar-refractivity contribution in [3.05, 3.63) is 35.4 Å². The van der Waals surface area contributed by atoms with Gasteiger partial charge in [-0.05, 0) is 19.5 Å². The molecule has 0 saturated carbocycles. The first-order valence-corrected chi connectivity index (χ1v) is 4.60. The summed E-state index contributed by atoms with van der Waals surface area (Å²) in [6.45, 7) is 1.83.